The average molecular weight is 328 g/mol. The van der Waals surface area contributed by atoms with Crippen molar-refractivity contribution in [1.82, 2.24) is 14.4 Å². The molecule has 1 aliphatic heterocycles. The largest absolute Gasteiger partial charge is 0.357 e. The SMILES string of the molecule is Cc1nc2nccn2c(N2CCCCC2)c1-c1c(F)cccc1F. The molecule has 1 saturated heterocycles. The summed E-state index contributed by atoms with van der Waals surface area (Å²) in [7, 11) is 0. The summed E-state index contributed by atoms with van der Waals surface area (Å²) in [5.41, 5.74) is 1.08. The van der Waals surface area contributed by atoms with Gasteiger partial charge in [-0.3, -0.25) is 4.40 Å². The van der Waals surface area contributed by atoms with Gasteiger partial charge in [0.15, 0.2) is 0 Å². The van der Waals surface area contributed by atoms with Crippen molar-refractivity contribution < 1.29 is 8.78 Å². The summed E-state index contributed by atoms with van der Waals surface area (Å²) in [4.78, 5) is 10.9. The molecule has 0 N–H and O–H groups in total. The van der Waals surface area contributed by atoms with Gasteiger partial charge in [-0.05, 0) is 38.3 Å². The minimum atomic E-state index is -0.572. The molecule has 0 bridgehead atoms. The number of hydrogen-bond acceptors (Lipinski definition) is 3. The van der Waals surface area contributed by atoms with Gasteiger partial charge in [0.05, 0.1) is 16.8 Å². The van der Waals surface area contributed by atoms with E-state index in [1.807, 2.05) is 4.40 Å². The summed E-state index contributed by atoms with van der Waals surface area (Å²) in [6, 6.07) is 3.96. The molecular formula is C18H18F2N4. The first kappa shape index (κ1) is 15.1. The molecule has 4 rings (SSSR count). The lowest BCUT2D eigenvalue weighted by molar-refractivity contribution is 0.569. The lowest BCUT2D eigenvalue weighted by Crippen LogP contribution is -2.32. The Morgan fingerprint density at radius 2 is 1.71 bits per heavy atom. The number of imidazole rings is 1. The maximum absolute atomic E-state index is 14.5. The van der Waals surface area contributed by atoms with E-state index in [4.69, 9.17) is 0 Å². The first-order chi connectivity index (χ1) is 11.7. The van der Waals surface area contributed by atoms with Gasteiger partial charge in [0, 0.05) is 25.5 Å². The molecule has 1 fully saturated rings. The third-order valence-corrected chi connectivity index (χ3v) is 4.57. The highest BCUT2D eigenvalue weighted by Gasteiger charge is 2.25. The van der Waals surface area contributed by atoms with E-state index < -0.39 is 11.6 Å². The lowest BCUT2D eigenvalue weighted by atomic mass is 10.0. The van der Waals surface area contributed by atoms with E-state index in [0.717, 1.165) is 31.7 Å². The van der Waals surface area contributed by atoms with Crippen molar-refractivity contribution in [1.29, 1.82) is 0 Å². The Kier molecular flexibility index (Phi) is 3.67. The highest BCUT2D eigenvalue weighted by atomic mass is 19.1. The summed E-state index contributed by atoms with van der Waals surface area (Å²) in [5.74, 6) is 0.183. The fourth-order valence-electron chi connectivity index (χ4n) is 3.48. The second kappa shape index (κ2) is 5.85. The average Bonchev–Trinajstić information content (AvgIpc) is 3.03. The normalized spacial score (nSPS) is 15.2. The zero-order valence-corrected chi connectivity index (χ0v) is 13.5. The van der Waals surface area contributed by atoms with Crippen LogP contribution in [0.1, 0.15) is 25.0 Å². The molecule has 6 heteroatoms. The number of hydrogen-bond donors (Lipinski definition) is 0. The Morgan fingerprint density at radius 1 is 1.00 bits per heavy atom. The van der Waals surface area contributed by atoms with Crippen LogP contribution in [-0.2, 0) is 0 Å². The van der Waals surface area contributed by atoms with Crippen molar-refractivity contribution in [2.24, 2.45) is 0 Å². The molecule has 2 aromatic heterocycles. The van der Waals surface area contributed by atoms with E-state index >= 15 is 0 Å². The van der Waals surface area contributed by atoms with Crippen molar-refractivity contribution >= 4 is 11.6 Å². The van der Waals surface area contributed by atoms with Crippen LogP contribution in [0.4, 0.5) is 14.6 Å². The molecular weight excluding hydrogens is 310 g/mol. The molecule has 4 nitrogen and oxygen atoms in total. The summed E-state index contributed by atoms with van der Waals surface area (Å²) >= 11 is 0. The molecule has 0 spiro atoms. The molecule has 3 aromatic rings. The van der Waals surface area contributed by atoms with E-state index in [9.17, 15) is 8.78 Å². The summed E-state index contributed by atoms with van der Waals surface area (Å²) < 4.78 is 30.8. The van der Waals surface area contributed by atoms with Crippen molar-refractivity contribution in [3.8, 4) is 11.1 Å². The first-order valence-corrected chi connectivity index (χ1v) is 8.20. The molecule has 24 heavy (non-hydrogen) atoms. The maximum atomic E-state index is 14.5. The fraction of sp³-hybridized carbons (Fsp3) is 0.333. The summed E-state index contributed by atoms with van der Waals surface area (Å²) in [6.07, 6.45) is 6.77. The number of nitrogens with zero attached hydrogens (tertiary/aromatic N) is 4. The van der Waals surface area contributed by atoms with Crippen molar-refractivity contribution in [3.63, 3.8) is 0 Å². The minimum Gasteiger partial charge on any atom is -0.357 e. The quantitative estimate of drug-likeness (QED) is 0.714. The molecule has 0 aliphatic carbocycles. The van der Waals surface area contributed by atoms with Crippen LogP contribution in [0.5, 0.6) is 0 Å². The molecule has 0 unspecified atom stereocenters. The molecule has 1 aliphatic rings. The lowest BCUT2D eigenvalue weighted by Gasteiger charge is -2.31. The van der Waals surface area contributed by atoms with Crippen LogP contribution in [0.15, 0.2) is 30.6 Å². The number of anilines is 1. The van der Waals surface area contributed by atoms with E-state index in [0.29, 0.717) is 17.0 Å². The molecule has 0 radical (unpaired) electrons. The topological polar surface area (TPSA) is 33.4 Å². The van der Waals surface area contributed by atoms with Crippen molar-refractivity contribution in [2.75, 3.05) is 18.0 Å². The minimum absolute atomic E-state index is 0.0151. The number of halogens is 2. The van der Waals surface area contributed by atoms with Gasteiger partial charge in [0.1, 0.15) is 17.5 Å². The van der Waals surface area contributed by atoms with Crippen LogP contribution < -0.4 is 4.90 Å². The predicted molar refractivity (Wildman–Crippen MR) is 89.1 cm³/mol. The third kappa shape index (κ3) is 2.33. The van der Waals surface area contributed by atoms with Gasteiger partial charge in [-0.15, -0.1) is 0 Å². The van der Waals surface area contributed by atoms with Gasteiger partial charge in [-0.1, -0.05) is 6.07 Å². The Labute approximate surface area is 138 Å². The predicted octanol–water partition coefficient (Wildman–Crippen LogP) is 3.97. The fourth-order valence-corrected chi connectivity index (χ4v) is 3.48. The first-order valence-electron chi connectivity index (χ1n) is 8.20. The number of rotatable bonds is 2. The zero-order chi connectivity index (χ0) is 16.7. The Bertz CT molecular complexity index is 877. The van der Waals surface area contributed by atoms with E-state index in [1.165, 1.54) is 24.6 Å². The Balaban J connectivity index is 2.05. The van der Waals surface area contributed by atoms with E-state index in [-0.39, 0.29) is 5.56 Å². The Morgan fingerprint density at radius 3 is 2.42 bits per heavy atom. The van der Waals surface area contributed by atoms with E-state index in [2.05, 4.69) is 14.9 Å². The second-order valence-corrected chi connectivity index (χ2v) is 6.14. The van der Waals surface area contributed by atoms with Gasteiger partial charge in [-0.2, -0.15) is 0 Å². The van der Waals surface area contributed by atoms with Gasteiger partial charge in [-0.25, -0.2) is 18.7 Å². The summed E-state index contributed by atoms with van der Waals surface area (Å²) in [5, 5.41) is 0. The highest BCUT2D eigenvalue weighted by Crippen LogP contribution is 2.37. The van der Waals surface area contributed by atoms with Gasteiger partial charge in [0.2, 0.25) is 5.78 Å². The number of fused-ring (bicyclic) bond motifs is 1. The summed E-state index contributed by atoms with van der Waals surface area (Å²) in [6.45, 7) is 3.50. The second-order valence-electron chi connectivity index (χ2n) is 6.14. The third-order valence-electron chi connectivity index (χ3n) is 4.57. The van der Waals surface area contributed by atoms with Gasteiger partial charge >= 0.3 is 0 Å². The molecule has 0 amide bonds. The van der Waals surface area contributed by atoms with Crippen molar-refractivity contribution in [2.45, 2.75) is 26.2 Å². The number of benzene rings is 1. The van der Waals surface area contributed by atoms with Gasteiger partial charge < -0.3 is 4.90 Å². The van der Waals surface area contributed by atoms with Crippen LogP contribution in [-0.4, -0.2) is 27.5 Å². The van der Waals surface area contributed by atoms with Crippen LogP contribution in [0.25, 0.3) is 16.9 Å². The monoisotopic (exact) mass is 328 g/mol. The molecule has 0 atom stereocenters. The number of aromatic nitrogens is 3. The van der Waals surface area contributed by atoms with Crippen LogP contribution >= 0.6 is 0 Å². The maximum Gasteiger partial charge on any atom is 0.235 e. The van der Waals surface area contributed by atoms with Gasteiger partial charge in [0.25, 0.3) is 0 Å². The zero-order valence-electron chi connectivity index (χ0n) is 13.5. The van der Waals surface area contributed by atoms with Crippen LogP contribution in [0, 0.1) is 18.6 Å². The van der Waals surface area contributed by atoms with Crippen molar-refractivity contribution in [3.05, 3.63) is 47.9 Å². The number of aryl methyl sites for hydroxylation is 1. The standard InChI is InChI=1S/C18H18F2N4/c1-12-15(16-13(19)6-5-7-14(16)20)17(23-9-3-2-4-10-23)24-11-8-21-18(24)22-12/h5-8,11H,2-4,9-10H2,1H3. The molecule has 1 aromatic carbocycles. The molecule has 3 heterocycles. The van der Waals surface area contributed by atoms with Crippen LogP contribution in [0.3, 0.4) is 0 Å². The smallest absolute Gasteiger partial charge is 0.235 e. The molecule has 124 valence electrons. The molecule has 0 saturated carbocycles. The number of piperidine rings is 1. The highest BCUT2D eigenvalue weighted by molar-refractivity contribution is 5.80. The van der Waals surface area contributed by atoms with Crippen LogP contribution in [0.2, 0.25) is 0 Å². The van der Waals surface area contributed by atoms with E-state index in [1.54, 1.807) is 19.3 Å². The Hall–Kier alpha value is -2.50.